The fourth-order valence-corrected chi connectivity index (χ4v) is 3.21. The van der Waals surface area contributed by atoms with Crippen LogP contribution in [0.1, 0.15) is 17.7 Å². The number of fused-ring (bicyclic) bond motifs is 1. The van der Waals surface area contributed by atoms with Crippen molar-refractivity contribution < 1.29 is 31.5 Å². The van der Waals surface area contributed by atoms with Crippen LogP contribution >= 0.6 is 0 Å². The molecule has 1 aliphatic heterocycles. The van der Waals surface area contributed by atoms with E-state index in [9.17, 15) is 31.5 Å². The highest BCUT2D eigenvalue weighted by Crippen LogP contribution is 2.32. The number of hydrogen-bond acceptors (Lipinski definition) is 4. The Morgan fingerprint density at radius 2 is 2.06 bits per heavy atom. The number of amides is 2. The van der Waals surface area contributed by atoms with Crippen molar-refractivity contribution in [2.75, 3.05) is 19.0 Å². The predicted octanol–water partition coefficient (Wildman–Crippen LogP) is 1.88. The highest BCUT2D eigenvalue weighted by molar-refractivity contribution is 6.39. The maximum atomic E-state index is 13.6. The van der Waals surface area contributed by atoms with Crippen LogP contribution in [0.3, 0.4) is 0 Å². The van der Waals surface area contributed by atoms with Crippen molar-refractivity contribution >= 4 is 29.8 Å². The second-order valence-corrected chi connectivity index (χ2v) is 7.22. The van der Waals surface area contributed by atoms with Crippen LogP contribution in [0.15, 0.2) is 34.3 Å². The molecule has 14 heteroatoms. The first-order chi connectivity index (χ1) is 16.0. The summed E-state index contributed by atoms with van der Waals surface area (Å²) in [4.78, 5) is 33.9. The lowest BCUT2D eigenvalue weighted by Gasteiger charge is -2.20. The summed E-state index contributed by atoms with van der Waals surface area (Å²) in [5, 5.41) is 8.51. The lowest BCUT2D eigenvalue weighted by atomic mass is 10.2. The van der Waals surface area contributed by atoms with Crippen LogP contribution in [0.4, 0.5) is 27.8 Å². The summed E-state index contributed by atoms with van der Waals surface area (Å²) in [7, 11) is 2.68. The molecule has 1 aliphatic rings. The molecule has 1 aromatic carbocycles. The summed E-state index contributed by atoms with van der Waals surface area (Å²) < 4.78 is 66.7. The van der Waals surface area contributed by atoms with Gasteiger partial charge >= 0.3 is 6.18 Å². The minimum absolute atomic E-state index is 0.000177. The second kappa shape index (κ2) is 9.97. The van der Waals surface area contributed by atoms with Gasteiger partial charge in [-0.2, -0.15) is 18.3 Å². The lowest BCUT2D eigenvalue weighted by molar-refractivity contribution is -0.141. The van der Waals surface area contributed by atoms with E-state index in [0.29, 0.717) is 0 Å². The molecule has 1 atom stereocenters. The van der Waals surface area contributed by atoms with E-state index in [1.165, 1.54) is 26.2 Å². The number of halogens is 5. The molecule has 0 spiro atoms. The molecule has 9 nitrogen and oxygen atoms in total. The van der Waals surface area contributed by atoms with Crippen molar-refractivity contribution in [2.24, 2.45) is 9.98 Å². The molecular weight excluding hydrogens is 465 g/mol. The molecule has 0 fully saturated rings. The number of carbonyl (C=O) groups is 2. The number of alkyl halides is 3. The average molecular weight is 485 g/mol. The number of likely N-dealkylation sites (N-methyl/N-ethyl adjacent to an activating group) is 2. The highest BCUT2D eigenvalue weighted by Gasteiger charge is 2.38. The average Bonchev–Trinajstić information content (AvgIpc) is 3.19. The lowest BCUT2D eigenvalue weighted by Crippen LogP contribution is -2.50. The third kappa shape index (κ3) is 5.38. The van der Waals surface area contributed by atoms with Gasteiger partial charge in [-0.25, -0.2) is 18.5 Å². The number of nitrogens with one attached hydrogen (secondary N) is 2. The second-order valence-electron chi connectivity index (χ2n) is 7.22. The molecule has 0 radical (unpaired) electrons. The third-order valence-corrected chi connectivity index (χ3v) is 4.97. The summed E-state index contributed by atoms with van der Waals surface area (Å²) in [6.45, 7) is -0.262. The van der Waals surface area contributed by atoms with Crippen LogP contribution in [0, 0.1) is 11.6 Å². The molecule has 0 saturated heterocycles. The zero-order chi connectivity index (χ0) is 25.0. The Kier molecular flexibility index (Phi) is 7.27. The number of aryl methyl sites for hydroxylation is 1. The van der Waals surface area contributed by atoms with Crippen LogP contribution in [0.2, 0.25) is 0 Å². The highest BCUT2D eigenvalue weighted by atomic mass is 19.4. The summed E-state index contributed by atoms with van der Waals surface area (Å²) in [5.41, 5.74) is -1.12. The molecule has 3 rings (SSSR count). The van der Waals surface area contributed by atoms with Gasteiger partial charge in [-0.05, 0) is 12.5 Å². The Hall–Kier alpha value is -3.84. The van der Waals surface area contributed by atoms with Crippen LogP contribution in [0.5, 0.6) is 0 Å². The van der Waals surface area contributed by atoms with Gasteiger partial charge in [0.15, 0.2) is 23.2 Å². The van der Waals surface area contributed by atoms with E-state index in [2.05, 4.69) is 25.7 Å². The van der Waals surface area contributed by atoms with Crippen LogP contribution in [0.25, 0.3) is 0 Å². The molecule has 0 unspecified atom stereocenters. The minimum Gasteiger partial charge on any atom is -0.369 e. The maximum Gasteiger partial charge on any atom is 0.435 e. The number of amidine groups is 1. The van der Waals surface area contributed by atoms with E-state index in [1.54, 1.807) is 0 Å². The van der Waals surface area contributed by atoms with Gasteiger partial charge in [0.1, 0.15) is 18.2 Å². The van der Waals surface area contributed by atoms with E-state index < -0.39 is 41.4 Å². The van der Waals surface area contributed by atoms with Crippen molar-refractivity contribution in [1.29, 1.82) is 0 Å². The van der Waals surface area contributed by atoms with Crippen molar-refractivity contribution in [2.45, 2.75) is 31.7 Å². The Morgan fingerprint density at radius 3 is 2.74 bits per heavy atom. The SMILES string of the molecule is CN/C(=N\C=N\Cc1cccc(F)c1F)C(=O)N[C@H]1CCn2nc(C(F)(F)F)cc2N(C)C1=O. The summed E-state index contributed by atoms with van der Waals surface area (Å²) in [5.74, 6) is -3.72. The van der Waals surface area contributed by atoms with Gasteiger partial charge in [0, 0.05) is 32.3 Å². The van der Waals surface area contributed by atoms with E-state index in [0.717, 1.165) is 28.1 Å². The Bertz CT molecular complexity index is 1140. The van der Waals surface area contributed by atoms with Gasteiger partial charge in [0.25, 0.3) is 11.8 Å². The van der Waals surface area contributed by atoms with Gasteiger partial charge in [-0.15, -0.1) is 0 Å². The molecule has 1 aromatic heterocycles. The number of hydrogen-bond donors (Lipinski definition) is 2. The topological polar surface area (TPSA) is 104 Å². The number of carbonyl (C=O) groups excluding carboxylic acids is 2. The molecule has 0 bridgehead atoms. The zero-order valence-electron chi connectivity index (χ0n) is 18.0. The summed E-state index contributed by atoms with van der Waals surface area (Å²) in [6.07, 6.45) is -3.69. The molecule has 0 saturated carbocycles. The van der Waals surface area contributed by atoms with Gasteiger partial charge in [0.2, 0.25) is 0 Å². The maximum absolute atomic E-state index is 13.6. The monoisotopic (exact) mass is 485 g/mol. The van der Waals surface area contributed by atoms with Gasteiger partial charge < -0.3 is 10.6 Å². The smallest absolute Gasteiger partial charge is 0.369 e. The predicted molar refractivity (Wildman–Crippen MR) is 112 cm³/mol. The first kappa shape index (κ1) is 24.8. The van der Waals surface area contributed by atoms with Gasteiger partial charge in [-0.1, -0.05) is 12.1 Å². The van der Waals surface area contributed by atoms with E-state index in [1.807, 2.05) is 0 Å². The molecule has 2 aromatic rings. The van der Waals surface area contributed by atoms with E-state index in [-0.39, 0.29) is 36.7 Å². The first-order valence-electron chi connectivity index (χ1n) is 9.93. The number of anilines is 1. The Morgan fingerprint density at radius 1 is 1.32 bits per heavy atom. The molecule has 182 valence electrons. The van der Waals surface area contributed by atoms with E-state index >= 15 is 0 Å². The number of nitrogens with zero attached hydrogens (tertiary/aromatic N) is 5. The molecule has 34 heavy (non-hydrogen) atoms. The largest absolute Gasteiger partial charge is 0.435 e. The third-order valence-electron chi connectivity index (χ3n) is 4.97. The van der Waals surface area contributed by atoms with Gasteiger partial charge in [0.05, 0.1) is 6.54 Å². The molecule has 2 N–H and O–H groups in total. The van der Waals surface area contributed by atoms with Crippen LogP contribution in [-0.2, 0) is 28.9 Å². The number of aliphatic imine (C=N–C) groups is 2. The standard InChI is InChI=1S/C20H20F5N7O2/c1-26-17(28-10-27-9-11-4-3-5-12(21)16(11)22)18(33)29-13-6-7-32-15(31(2)19(13)34)8-14(30-32)20(23,24)25/h3-5,8,10,13H,6-7,9H2,1-2H3,(H,29,33)(H,26,27,28)/t13-/m0/s1. The fraction of sp³-hybridized carbons (Fsp3) is 0.350. The first-order valence-corrected chi connectivity index (χ1v) is 9.93. The van der Waals surface area contributed by atoms with Crippen molar-refractivity contribution in [3.05, 3.63) is 47.2 Å². The Balaban J connectivity index is 1.66. The minimum atomic E-state index is -4.66. The van der Waals surface area contributed by atoms with Crippen molar-refractivity contribution in [1.82, 2.24) is 20.4 Å². The van der Waals surface area contributed by atoms with Crippen LogP contribution < -0.4 is 15.5 Å². The van der Waals surface area contributed by atoms with E-state index in [4.69, 9.17) is 0 Å². The number of aromatic nitrogens is 2. The molecule has 0 aliphatic carbocycles. The number of rotatable bonds is 4. The zero-order valence-corrected chi connectivity index (χ0v) is 18.0. The van der Waals surface area contributed by atoms with Crippen molar-refractivity contribution in [3.63, 3.8) is 0 Å². The number of benzene rings is 1. The van der Waals surface area contributed by atoms with Gasteiger partial charge in [-0.3, -0.25) is 19.5 Å². The Labute approximate surface area is 190 Å². The quantitative estimate of drug-likeness (QED) is 0.392. The van der Waals surface area contributed by atoms with Crippen molar-refractivity contribution in [3.8, 4) is 0 Å². The fourth-order valence-electron chi connectivity index (χ4n) is 3.21. The summed E-state index contributed by atoms with van der Waals surface area (Å²) >= 11 is 0. The van der Waals surface area contributed by atoms with Crippen LogP contribution in [-0.4, -0.2) is 53.9 Å². The summed E-state index contributed by atoms with van der Waals surface area (Å²) in [6, 6.07) is 3.36. The molecule has 2 amide bonds. The normalized spacial score (nSPS) is 17.0. The molecular formula is C20H20F5N7O2. The molecule has 2 heterocycles.